The number of hydrogen-bond donors (Lipinski definition) is 6. The number of amides is 4. The Bertz CT molecular complexity index is 1980. The first-order chi connectivity index (χ1) is 27.6. The highest BCUT2D eigenvalue weighted by atomic mass is 16.7. The molecule has 0 spiro atoms. The minimum absolute atomic E-state index is 0.0733. The highest BCUT2D eigenvalue weighted by Gasteiger charge is 2.34. The van der Waals surface area contributed by atoms with Crippen LogP contribution in [0.2, 0.25) is 0 Å². The van der Waals surface area contributed by atoms with Crippen molar-refractivity contribution in [2.45, 2.75) is 71.4 Å². The number of aryl methyl sites for hydroxylation is 1. The van der Waals surface area contributed by atoms with Crippen LogP contribution < -0.4 is 25.4 Å². The van der Waals surface area contributed by atoms with Gasteiger partial charge in [-0.3, -0.25) is 24.0 Å². The van der Waals surface area contributed by atoms with Crippen molar-refractivity contribution in [1.82, 2.24) is 21.0 Å². The third kappa shape index (κ3) is 12.6. The number of carboxylic acid groups (broad SMARTS) is 3. The maximum atomic E-state index is 13.6. The van der Waals surface area contributed by atoms with Crippen LogP contribution in [0, 0.1) is 12.8 Å². The Balaban J connectivity index is 1.74. The lowest BCUT2D eigenvalue weighted by molar-refractivity contribution is -0.171. The topological polar surface area (TPSA) is 277 Å². The largest absolute Gasteiger partial charge is 0.496 e. The summed E-state index contributed by atoms with van der Waals surface area (Å²) in [5, 5.41) is 35.5. The number of unbranched alkanes of at least 4 members (excludes halogenated alkanes) is 2. The lowest BCUT2D eigenvalue weighted by Gasteiger charge is -2.32. The lowest BCUT2D eigenvalue weighted by Crippen LogP contribution is -2.49. The molecule has 0 radical (unpaired) electrons. The van der Waals surface area contributed by atoms with Gasteiger partial charge in [-0.1, -0.05) is 51.3 Å². The van der Waals surface area contributed by atoms with Gasteiger partial charge < -0.3 is 50.0 Å². The molecule has 58 heavy (non-hydrogen) atoms. The summed E-state index contributed by atoms with van der Waals surface area (Å²) in [5.41, 5.74) is 0.590. The molecule has 0 saturated heterocycles. The van der Waals surface area contributed by atoms with Crippen molar-refractivity contribution in [3.63, 3.8) is 0 Å². The summed E-state index contributed by atoms with van der Waals surface area (Å²) in [6, 6.07) is 8.75. The fraction of sp³-hybridized carbons (Fsp3) is 0.385. The predicted octanol–water partition coefficient (Wildman–Crippen LogP) is 3.39. The number of aliphatic carboxylic acids is 3. The summed E-state index contributed by atoms with van der Waals surface area (Å²) in [4.78, 5) is 104. The monoisotopic (exact) mass is 810 g/mol. The second-order valence-electron chi connectivity index (χ2n) is 12.8. The Morgan fingerprint density at radius 2 is 1.64 bits per heavy atom. The normalized spacial score (nSPS) is 12.2. The van der Waals surface area contributed by atoms with Gasteiger partial charge in [0.2, 0.25) is 12.3 Å². The van der Waals surface area contributed by atoms with Gasteiger partial charge in [0.1, 0.15) is 28.9 Å². The van der Waals surface area contributed by atoms with Gasteiger partial charge in [0.15, 0.2) is 12.4 Å². The Morgan fingerprint density at radius 3 is 2.26 bits per heavy atom. The van der Waals surface area contributed by atoms with E-state index in [2.05, 4.69) is 16.0 Å². The van der Waals surface area contributed by atoms with Crippen LogP contribution in [-0.4, -0.2) is 101 Å². The maximum Gasteiger partial charge on any atom is 0.367 e. The molecule has 3 aromatic rings. The number of nitrogens with one attached hydrogen (secondary N) is 3. The smallest absolute Gasteiger partial charge is 0.367 e. The molecular formula is C39H46N4O15. The minimum atomic E-state index is -1.79. The predicted molar refractivity (Wildman–Crippen MR) is 202 cm³/mol. The van der Waals surface area contributed by atoms with E-state index in [0.717, 1.165) is 17.9 Å². The van der Waals surface area contributed by atoms with Gasteiger partial charge in [-0.25, -0.2) is 14.4 Å². The molecule has 2 aromatic carbocycles. The average molecular weight is 811 g/mol. The van der Waals surface area contributed by atoms with E-state index in [9.17, 15) is 43.5 Å². The van der Waals surface area contributed by atoms with Crippen molar-refractivity contribution in [1.29, 1.82) is 0 Å². The number of benzene rings is 2. The Kier molecular flexibility index (Phi) is 17.2. The van der Waals surface area contributed by atoms with E-state index < -0.39 is 72.6 Å². The first kappa shape index (κ1) is 45.5. The van der Waals surface area contributed by atoms with Crippen molar-refractivity contribution in [2.75, 3.05) is 20.4 Å². The number of carbonyl (C=O) groups is 8. The van der Waals surface area contributed by atoms with Crippen molar-refractivity contribution in [2.24, 2.45) is 5.92 Å². The third-order valence-electron chi connectivity index (χ3n) is 8.80. The first-order valence-corrected chi connectivity index (χ1v) is 18.1. The number of carboxylic acids is 3. The van der Waals surface area contributed by atoms with E-state index in [-0.39, 0.29) is 52.8 Å². The van der Waals surface area contributed by atoms with Gasteiger partial charge in [-0.15, -0.1) is 0 Å². The standard InChI is InChI=1S/C39H46N4O15/c1-5-7-8-11-24(27(6-2)43(21-44)58-39(54)34-22(3)10-9-12-29(34)55-4)35(49)40-20-41-37(51)30-16-15-28(57-30)23-13-14-25(31(17-23)56-19-33(47)48)36(50)42-26(38(52)53)18-32(45)46/h9-10,12-17,21,24,26-27H,5-8,11,18-20H2,1-4H3,(H,40,49)(H,41,51)(H,42,50)(H,45,46)(H,47,48)(H,52,53)/t24-,26+,27-/m1/s1. The van der Waals surface area contributed by atoms with Crippen molar-refractivity contribution in [3.05, 3.63) is 71.0 Å². The molecule has 0 saturated carbocycles. The van der Waals surface area contributed by atoms with Gasteiger partial charge in [0.05, 0.1) is 37.7 Å². The second-order valence-corrected chi connectivity index (χ2v) is 12.8. The first-order valence-electron chi connectivity index (χ1n) is 18.1. The van der Waals surface area contributed by atoms with Crippen LogP contribution in [0.1, 0.15) is 89.2 Å². The molecule has 0 fully saturated rings. The lowest BCUT2D eigenvalue weighted by atomic mass is 9.90. The fourth-order valence-corrected chi connectivity index (χ4v) is 5.91. The SMILES string of the molecule is CCCCC[C@@H](C(=O)NCNC(=O)c1ccc(-c2ccc(C(=O)N[C@@H](CC(=O)O)C(=O)O)c(OCC(=O)O)c2)o1)[C@@H](CC)N(C=O)OC(=O)c1c(C)cccc1OC. The zero-order valence-corrected chi connectivity index (χ0v) is 32.3. The maximum absolute atomic E-state index is 13.6. The quantitative estimate of drug-likeness (QED) is 0.0327. The molecule has 0 aliphatic heterocycles. The Morgan fingerprint density at radius 1 is 0.897 bits per heavy atom. The molecular weight excluding hydrogens is 764 g/mol. The zero-order valence-electron chi connectivity index (χ0n) is 32.3. The van der Waals surface area contributed by atoms with E-state index in [4.69, 9.17) is 28.9 Å². The van der Waals surface area contributed by atoms with Gasteiger partial charge in [-0.2, -0.15) is 5.06 Å². The minimum Gasteiger partial charge on any atom is -0.496 e. The number of carbonyl (C=O) groups excluding carboxylic acids is 5. The Labute approximate surface area is 332 Å². The summed E-state index contributed by atoms with van der Waals surface area (Å²) in [6.45, 7) is 4.16. The molecule has 0 aliphatic carbocycles. The number of rotatable bonds is 24. The highest BCUT2D eigenvalue weighted by Crippen LogP contribution is 2.30. The molecule has 3 rings (SSSR count). The molecule has 3 atom stereocenters. The molecule has 19 heteroatoms. The average Bonchev–Trinajstić information content (AvgIpc) is 3.69. The van der Waals surface area contributed by atoms with Gasteiger partial charge in [0, 0.05) is 5.56 Å². The molecule has 4 amide bonds. The van der Waals surface area contributed by atoms with Crippen LogP contribution >= 0.6 is 0 Å². The van der Waals surface area contributed by atoms with Gasteiger partial charge >= 0.3 is 23.9 Å². The summed E-state index contributed by atoms with van der Waals surface area (Å²) in [7, 11) is 1.40. The number of furan rings is 1. The van der Waals surface area contributed by atoms with Crippen molar-refractivity contribution in [3.8, 4) is 22.8 Å². The van der Waals surface area contributed by atoms with E-state index in [1.807, 2.05) is 6.92 Å². The summed E-state index contributed by atoms with van der Waals surface area (Å²) in [5.74, 6) is -8.66. The molecule has 19 nitrogen and oxygen atoms in total. The zero-order chi connectivity index (χ0) is 42.9. The second kappa shape index (κ2) is 22.0. The van der Waals surface area contributed by atoms with E-state index >= 15 is 0 Å². The summed E-state index contributed by atoms with van der Waals surface area (Å²) >= 11 is 0. The fourth-order valence-electron chi connectivity index (χ4n) is 5.91. The van der Waals surface area contributed by atoms with Crippen LogP contribution in [0.15, 0.2) is 52.9 Å². The molecule has 1 heterocycles. The molecule has 0 aliphatic rings. The van der Waals surface area contributed by atoms with Crippen LogP contribution in [0.5, 0.6) is 11.5 Å². The Hall–Kier alpha value is -6.92. The number of ether oxygens (including phenoxy) is 2. The van der Waals surface area contributed by atoms with E-state index in [1.165, 1.54) is 37.4 Å². The van der Waals surface area contributed by atoms with E-state index in [1.54, 1.807) is 32.0 Å². The highest BCUT2D eigenvalue weighted by molar-refractivity contribution is 6.00. The number of hydroxylamine groups is 2. The summed E-state index contributed by atoms with van der Waals surface area (Å²) < 4.78 is 16.2. The van der Waals surface area contributed by atoms with Crippen LogP contribution in [0.4, 0.5) is 0 Å². The van der Waals surface area contributed by atoms with E-state index in [0.29, 0.717) is 24.8 Å². The van der Waals surface area contributed by atoms with Crippen LogP contribution in [-0.2, 0) is 28.8 Å². The molecule has 0 unspecified atom stereocenters. The van der Waals surface area contributed by atoms with Gasteiger partial charge in [0.25, 0.3) is 11.8 Å². The summed E-state index contributed by atoms with van der Waals surface area (Å²) in [6.07, 6.45) is 2.26. The molecule has 312 valence electrons. The third-order valence-corrected chi connectivity index (χ3v) is 8.80. The number of hydrogen-bond acceptors (Lipinski definition) is 12. The molecule has 1 aromatic heterocycles. The number of methoxy groups -OCH3 is 1. The van der Waals surface area contributed by atoms with Crippen molar-refractivity contribution >= 4 is 48.0 Å². The number of nitrogens with zero attached hydrogens (tertiary/aromatic N) is 1. The van der Waals surface area contributed by atoms with Crippen LogP contribution in [0.25, 0.3) is 11.3 Å². The van der Waals surface area contributed by atoms with Crippen LogP contribution in [0.3, 0.4) is 0 Å². The van der Waals surface area contributed by atoms with Gasteiger partial charge in [-0.05, 0) is 55.7 Å². The molecule has 6 N–H and O–H groups in total. The van der Waals surface area contributed by atoms with Crippen molar-refractivity contribution < 1.29 is 72.4 Å². The molecule has 0 bridgehead atoms.